The number of hydrogen-bond donors (Lipinski definition) is 2. The van der Waals surface area contributed by atoms with E-state index in [9.17, 15) is 14.7 Å². The van der Waals surface area contributed by atoms with Crippen molar-refractivity contribution in [1.29, 1.82) is 0 Å². The number of benzene rings is 2. The van der Waals surface area contributed by atoms with Gasteiger partial charge in [-0.2, -0.15) is 0 Å². The Morgan fingerprint density at radius 2 is 1.58 bits per heavy atom. The molecule has 5 heteroatoms. The van der Waals surface area contributed by atoms with Gasteiger partial charge in [-0.25, -0.2) is 4.79 Å². The highest BCUT2D eigenvalue weighted by atomic mass is 16.6. The van der Waals surface area contributed by atoms with Gasteiger partial charge in [0.15, 0.2) is 0 Å². The molecule has 0 radical (unpaired) electrons. The maximum atomic E-state index is 11.7. The summed E-state index contributed by atoms with van der Waals surface area (Å²) in [6.07, 6.45) is -0.275. The zero-order valence-corrected chi connectivity index (χ0v) is 15.4. The Labute approximate surface area is 154 Å². The molecule has 2 rings (SSSR count). The molecule has 1 amide bonds. The molecule has 2 aromatic carbocycles. The van der Waals surface area contributed by atoms with Crippen LogP contribution in [0.5, 0.6) is 0 Å². The van der Waals surface area contributed by atoms with Crippen molar-refractivity contribution in [3.63, 3.8) is 0 Å². The first-order valence-electron chi connectivity index (χ1n) is 8.58. The third-order valence-electron chi connectivity index (χ3n) is 3.78. The summed E-state index contributed by atoms with van der Waals surface area (Å²) in [4.78, 5) is 23.2. The number of alkyl carbamates (subject to hydrolysis) is 1. The summed E-state index contributed by atoms with van der Waals surface area (Å²) < 4.78 is 5.14. The van der Waals surface area contributed by atoms with Crippen LogP contribution in [-0.4, -0.2) is 29.3 Å². The number of carboxylic acids is 1. The SMILES string of the molecule is CC(C)(C)OC(=O)NC[C@H](Cc1ccc(-c2ccccc2)cc1)C(=O)O. The summed E-state index contributed by atoms with van der Waals surface area (Å²) in [5.74, 6) is -1.67. The van der Waals surface area contributed by atoms with Crippen molar-refractivity contribution in [3.8, 4) is 11.1 Å². The number of aliphatic carboxylic acids is 1. The fourth-order valence-electron chi connectivity index (χ4n) is 2.52. The molecule has 0 aliphatic rings. The Balaban J connectivity index is 1.97. The van der Waals surface area contributed by atoms with E-state index in [1.165, 1.54) is 0 Å². The molecular weight excluding hydrogens is 330 g/mol. The molecule has 2 N–H and O–H groups in total. The van der Waals surface area contributed by atoms with Gasteiger partial charge >= 0.3 is 12.1 Å². The molecule has 0 aromatic heterocycles. The van der Waals surface area contributed by atoms with E-state index in [-0.39, 0.29) is 6.54 Å². The Bertz CT molecular complexity index is 733. The van der Waals surface area contributed by atoms with Crippen LogP contribution in [0.15, 0.2) is 54.6 Å². The third kappa shape index (κ3) is 6.24. The van der Waals surface area contributed by atoms with Crippen molar-refractivity contribution in [3.05, 3.63) is 60.2 Å². The maximum absolute atomic E-state index is 11.7. The van der Waals surface area contributed by atoms with Gasteiger partial charge in [0.2, 0.25) is 0 Å². The summed E-state index contributed by atoms with van der Waals surface area (Å²) in [5, 5.41) is 12.0. The lowest BCUT2D eigenvalue weighted by Gasteiger charge is -2.21. The molecule has 5 nitrogen and oxygen atoms in total. The van der Waals surface area contributed by atoms with Gasteiger partial charge in [-0.3, -0.25) is 4.79 Å². The van der Waals surface area contributed by atoms with Gasteiger partial charge in [-0.15, -0.1) is 0 Å². The molecule has 1 atom stereocenters. The van der Waals surface area contributed by atoms with Crippen LogP contribution < -0.4 is 5.32 Å². The number of carbonyl (C=O) groups is 2. The lowest BCUT2D eigenvalue weighted by atomic mass is 9.97. The van der Waals surface area contributed by atoms with Crippen molar-refractivity contribution in [2.45, 2.75) is 32.8 Å². The van der Waals surface area contributed by atoms with E-state index >= 15 is 0 Å². The Morgan fingerprint density at radius 3 is 2.12 bits per heavy atom. The minimum absolute atomic E-state index is 0.0185. The predicted octanol–water partition coefficient (Wildman–Crippen LogP) is 4.12. The van der Waals surface area contributed by atoms with E-state index in [1.54, 1.807) is 20.8 Å². The van der Waals surface area contributed by atoms with Gasteiger partial charge in [0, 0.05) is 6.54 Å². The highest BCUT2D eigenvalue weighted by molar-refractivity contribution is 5.73. The van der Waals surface area contributed by atoms with Crippen LogP contribution in [0.25, 0.3) is 11.1 Å². The summed E-state index contributed by atoms with van der Waals surface area (Å²) in [5.41, 5.74) is 2.48. The summed E-state index contributed by atoms with van der Waals surface area (Å²) in [6.45, 7) is 5.30. The summed E-state index contributed by atoms with van der Waals surface area (Å²) >= 11 is 0. The van der Waals surface area contributed by atoms with Crippen molar-refractivity contribution in [2.75, 3.05) is 6.54 Å². The molecule has 0 saturated heterocycles. The maximum Gasteiger partial charge on any atom is 0.407 e. The van der Waals surface area contributed by atoms with Gasteiger partial charge in [0.05, 0.1) is 5.92 Å². The van der Waals surface area contributed by atoms with Gasteiger partial charge < -0.3 is 15.2 Å². The number of hydrogen-bond acceptors (Lipinski definition) is 3. The monoisotopic (exact) mass is 355 g/mol. The molecule has 0 unspecified atom stereocenters. The summed E-state index contributed by atoms with van der Waals surface area (Å²) in [6, 6.07) is 17.8. The highest BCUT2D eigenvalue weighted by Crippen LogP contribution is 2.20. The quantitative estimate of drug-likeness (QED) is 0.817. The molecule has 26 heavy (non-hydrogen) atoms. The largest absolute Gasteiger partial charge is 0.481 e. The zero-order chi connectivity index (χ0) is 19.2. The molecule has 138 valence electrons. The highest BCUT2D eigenvalue weighted by Gasteiger charge is 2.21. The van der Waals surface area contributed by atoms with Crippen LogP contribution in [0.2, 0.25) is 0 Å². The zero-order valence-electron chi connectivity index (χ0n) is 15.4. The summed E-state index contributed by atoms with van der Waals surface area (Å²) in [7, 11) is 0. The van der Waals surface area contributed by atoms with Gasteiger partial charge in [0.25, 0.3) is 0 Å². The van der Waals surface area contributed by atoms with E-state index in [1.807, 2.05) is 54.6 Å². The fourth-order valence-corrected chi connectivity index (χ4v) is 2.52. The Kier molecular flexibility index (Phi) is 6.39. The lowest BCUT2D eigenvalue weighted by Crippen LogP contribution is -2.37. The van der Waals surface area contributed by atoms with Crippen LogP contribution >= 0.6 is 0 Å². The van der Waals surface area contributed by atoms with E-state index in [0.29, 0.717) is 6.42 Å². The van der Waals surface area contributed by atoms with E-state index in [2.05, 4.69) is 5.32 Å². The number of rotatable bonds is 6. The topological polar surface area (TPSA) is 75.6 Å². The van der Waals surface area contributed by atoms with Crippen LogP contribution in [0.1, 0.15) is 26.3 Å². The first-order valence-corrected chi connectivity index (χ1v) is 8.58. The van der Waals surface area contributed by atoms with Crippen LogP contribution in [0, 0.1) is 5.92 Å². The van der Waals surface area contributed by atoms with Gasteiger partial charge in [-0.1, -0.05) is 54.6 Å². The number of nitrogens with one attached hydrogen (secondary N) is 1. The molecule has 0 saturated carbocycles. The Hall–Kier alpha value is -2.82. The average molecular weight is 355 g/mol. The molecule has 0 heterocycles. The van der Waals surface area contributed by atoms with Crippen molar-refractivity contribution in [1.82, 2.24) is 5.32 Å². The van der Waals surface area contributed by atoms with Crippen molar-refractivity contribution in [2.24, 2.45) is 5.92 Å². The molecule has 0 aliphatic heterocycles. The smallest absolute Gasteiger partial charge is 0.407 e. The van der Waals surface area contributed by atoms with Crippen LogP contribution in [0.4, 0.5) is 4.79 Å². The fraction of sp³-hybridized carbons (Fsp3) is 0.333. The minimum atomic E-state index is -0.951. The Morgan fingerprint density at radius 1 is 1.00 bits per heavy atom. The van der Waals surface area contributed by atoms with Crippen LogP contribution in [0.3, 0.4) is 0 Å². The van der Waals surface area contributed by atoms with Crippen LogP contribution in [-0.2, 0) is 16.0 Å². The molecule has 0 aliphatic carbocycles. The third-order valence-corrected chi connectivity index (χ3v) is 3.78. The second-order valence-electron chi connectivity index (χ2n) is 7.19. The average Bonchev–Trinajstić information content (AvgIpc) is 2.58. The number of carboxylic acid groups (broad SMARTS) is 1. The molecule has 0 bridgehead atoms. The molecule has 0 spiro atoms. The number of amides is 1. The van der Waals surface area contributed by atoms with E-state index in [4.69, 9.17) is 4.74 Å². The second kappa shape index (κ2) is 8.52. The minimum Gasteiger partial charge on any atom is -0.481 e. The standard InChI is InChI=1S/C21H25NO4/c1-21(2,3)26-20(25)22-14-18(19(23)24)13-15-9-11-17(12-10-15)16-7-5-4-6-8-16/h4-12,18H,13-14H2,1-3H3,(H,22,25)(H,23,24)/t18-/m0/s1. The van der Waals surface area contributed by atoms with Gasteiger partial charge in [-0.05, 0) is 43.9 Å². The first kappa shape index (κ1) is 19.5. The number of ether oxygens (including phenoxy) is 1. The van der Waals surface area contributed by atoms with Crippen molar-refractivity contribution < 1.29 is 19.4 Å². The van der Waals surface area contributed by atoms with Crippen molar-refractivity contribution >= 4 is 12.1 Å². The van der Waals surface area contributed by atoms with Gasteiger partial charge in [0.1, 0.15) is 5.60 Å². The number of carbonyl (C=O) groups excluding carboxylic acids is 1. The normalized spacial score (nSPS) is 12.3. The lowest BCUT2D eigenvalue weighted by molar-refractivity contribution is -0.141. The predicted molar refractivity (Wildman–Crippen MR) is 101 cm³/mol. The van der Waals surface area contributed by atoms with E-state index in [0.717, 1.165) is 16.7 Å². The first-order chi connectivity index (χ1) is 12.2. The molecule has 0 fully saturated rings. The molecular formula is C21H25NO4. The molecule has 2 aromatic rings. The second-order valence-corrected chi connectivity index (χ2v) is 7.19. The van der Waals surface area contributed by atoms with E-state index < -0.39 is 23.6 Å².